The Morgan fingerprint density at radius 1 is 1.00 bits per heavy atom. The molecule has 1 aromatic heterocycles. The van der Waals surface area contributed by atoms with Gasteiger partial charge in [0.2, 0.25) is 0 Å². The summed E-state index contributed by atoms with van der Waals surface area (Å²) in [5.74, 6) is 0.864. The topological polar surface area (TPSA) is 22.1 Å². The maximum atomic E-state index is 6.08. The van der Waals surface area contributed by atoms with Crippen LogP contribution in [0.25, 0.3) is 0 Å². The second-order valence-corrected chi connectivity index (χ2v) is 5.78. The van der Waals surface area contributed by atoms with Crippen molar-refractivity contribution in [2.45, 2.75) is 32.3 Å². The maximum Gasteiger partial charge on any atom is 0.132 e. The Kier molecular flexibility index (Phi) is 4.13. The smallest absolute Gasteiger partial charge is 0.132 e. The normalized spacial score (nSPS) is 13.9. The minimum absolute atomic E-state index is 0.332. The molecular formula is C16H15Cl2NO. The summed E-state index contributed by atoms with van der Waals surface area (Å²) in [7, 11) is 0. The molecule has 1 aliphatic carbocycles. The molecule has 2 aromatic rings. The van der Waals surface area contributed by atoms with Crippen molar-refractivity contribution < 1.29 is 4.74 Å². The number of halogens is 2. The van der Waals surface area contributed by atoms with Crippen molar-refractivity contribution in [3.8, 4) is 5.75 Å². The number of pyridine rings is 1. The standard InChI is InChI=1S/C16H15Cl2NO/c17-14-7-8-16(18)19-15(14)10-20-13-6-5-11-3-1-2-4-12(11)9-13/h5-9H,1-4,10H2. The number of hydrogen-bond acceptors (Lipinski definition) is 2. The highest BCUT2D eigenvalue weighted by Crippen LogP contribution is 2.26. The molecule has 0 bridgehead atoms. The largest absolute Gasteiger partial charge is 0.487 e. The summed E-state index contributed by atoms with van der Waals surface area (Å²) in [5.41, 5.74) is 3.51. The maximum absolute atomic E-state index is 6.08. The van der Waals surface area contributed by atoms with Gasteiger partial charge in [0.15, 0.2) is 0 Å². The predicted molar refractivity (Wildman–Crippen MR) is 81.7 cm³/mol. The van der Waals surface area contributed by atoms with Crippen LogP contribution in [-0.2, 0) is 19.4 Å². The van der Waals surface area contributed by atoms with Gasteiger partial charge in [-0.2, -0.15) is 0 Å². The van der Waals surface area contributed by atoms with Crippen molar-refractivity contribution >= 4 is 23.2 Å². The minimum atomic E-state index is 0.332. The molecule has 0 amide bonds. The van der Waals surface area contributed by atoms with Crippen LogP contribution in [0.3, 0.4) is 0 Å². The summed E-state index contributed by atoms with van der Waals surface area (Å²) in [5, 5.41) is 1.01. The number of fused-ring (bicyclic) bond motifs is 1. The lowest BCUT2D eigenvalue weighted by Crippen LogP contribution is -2.04. The fraction of sp³-hybridized carbons (Fsp3) is 0.312. The Hall–Kier alpha value is -1.25. The first-order valence-electron chi connectivity index (χ1n) is 6.78. The summed E-state index contributed by atoms with van der Waals surface area (Å²) in [6.07, 6.45) is 4.87. The predicted octanol–water partition coefficient (Wildman–Crippen LogP) is 4.85. The number of nitrogens with zero attached hydrogens (tertiary/aromatic N) is 1. The van der Waals surface area contributed by atoms with Gasteiger partial charge in [0.25, 0.3) is 0 Å². The number of aryl methyl sites for hydroxylation is 2. The van der Waals surface area contributed by atoms with Gasteiger partial charge < -0.3 is 4.74 Å². The summed E-state index contributed by atoms with van der Waals surface area (Å²) in [6, 6.07) is 9.72. The van der Waals surface area contributed by atoms with E-state index in [1.165, 1.54) is 30.4 Å². The van der Waals surface area contributed by atoms with Gasteiger partial charge in [0.05, 0.1) is 10.7 Å². The van der Waals surface area contributed by atoms with E-state index in [1.807, 2.05) is 6.07 Å². The van der Waals surface area contributed by atoms with Crippen molar-refractivity contribution in [3.05, 3.63) is 57.3 Å². The molecule has 0 N–H and O–H groups in total. The van der Waals surface area contributed by atoms with E-state index in [9.17, 15) is 0 Å². The van der Waals surface area contributed by atoms with E-state index >= 15 is 0 Å². The lowest BCUT2D eigenvalue weighted by atomic mass is 9.92. The van der Waals surface area contributed by atoms with Crippen molar-refractivity contribution in [1.82, 2.24) is 4.98 Å². The highest BCUT2D eigenvalue weighted by atomic mass is 35.5. The van der Waals surface area contributed by atoms with E-state index in [-0.39, 0.29) is 0 Å². The van der Waals surface area contributed by atoms with Gasteiger partial charge in [-0.3, -0.25) is 0 Å². The molecule has 0 radical (unpaired) electrons. The van der Waals surface area contributed by atoms with Crippen LogP contribution < -0.4 is 4.74 Å². The van der Waals surface area contributed by atoms with Crippen LogP contribution in [0, 0.1) is 0 Å². The molecule has 0 atom stereocenters. The van der Waals surface area contributed by atoms with Gasteiger partial charge in [-0.15, -0.1) is 0 Å². The molecule has 20 heavy (non-hydrogen) atoms. The molecule has 104 valence electrons. The monoisotopic (exact) mass is 307 g/mol. The van der Waals surface area contributed by atoms with E-state index < -0.39 is 0 Å². The van der Waals surface area contributed by atoms with Crippen LogP contribution in [0.2, 0.25) is 10.2 Å². The Bertz CT molecular complexity index is 628. The van der Waals surface area contributed by atoms with Crippen LogP contribution >= 0.6 is 23.2 Å². The van der Waals surface area contributed by atoms with Crippen LogP contribution in [-0.4, -0.2) is 4.98 Å². The summed E-state index contributed by atoms with van der Waals surface area (Å²) >= 11 is 11.9. The number of aromatic nitrogens is 1. The molecule has 0 fully saturated rings. The average molecular weight is 308 g/mol. The average Bonchev–Trinajstić information content (AvgIpc) is 2.48. The van der Waals surface area contributed by atoms with E-state index in [0.717, 1.165) is 12.2 Å². The van der Waals surface area contributed by atoms with E-state index in [0.29, 0.717) is 22.5 Å². The molecule has 0 saturated heterocycles. The lowest BCUT2D eigenvalue weighted by Gasteiger charge is -2.16. The third-order valence-corrected chi connectivity index (χ3v) is 4.13. The Morgan fingerprint density at radius 3 is 2.65 bits per heavy atom. The van der Waals surface area contributed by atoms with Crippen LogP contribution in [0.5, 0.6) is 5.75 Å². The quantitative estimate of drug-likeness (QED) is 0.756. The zero-order chi connectivity index (χ0) is 13.9. The summed E-state index contributed by atoms with van der Waals surface area (Å²) in [4.78, 5) is 4.18. The van der Waals surface area contributed by atoms with Crippen LogP contribution in [0.4, 0.5) is 0 Å². The SMILES string of the molecule is Clc1ccc(Cl)c(COc2ccc3c(c2)CCCC3)n1. The first-order valence-corrected chi connectivity index (χ1v) is 7.53. The number of rotatable bonds is 3. The van der Waals surface area contributed by atoms with Crippen molar-refractivity contribution in [1.29, 1.82) is 0 Å². The Labute approximate surface area is 128 Å². The van der Waals surface area contributed by atoms with Gasteiger partial charge in [0.1, 0.15) is 17.5 Å². The number of hydrogen-bond donors (Lipinski definition) is 0. The zero-order valence-corrected chi connectivity index (χ0v) is 12.5. The molecular weight excluding hydrogens is 293 g/mol. The number of benzene rings is 1. The fourth-order valence-corrected chi connectivity index (χ4v) is 2.84. The molecule has 0 spiro atoms. The third-order valence-electron chi connectivity index (χ3n) is 3.58. The third kappa shape index (κ3) is 3.08. The highest BCUT2D eigenvalue weighted by molar-refractivity contribution is 6.32. The van der Waals surface area contributed by atoms with Gasteiger partial charge in [0, 0.05) is 0 Å². The first-order chi connectivity index (χ1) is 9.72. The molecule has 0 unspecified atom stereocenters. The molecule has 3 rings (SSSR count). The van der Waals surface area contributed by atoms with Crippen molar-refractivity contribution in [2.75, 3.05) is 0 Å². The first kappa shape index (κ1) is 13.7. The zero-order valence-electron chi connectivity index (χ0n) is 11.0. The van der Waals surface area contributed by atoms with Gasteiger partial charge >= 0.3 is 0 Å². The second-order valence-electron chi connectivity index (χ2n) is 4.99. The van der Waals surface area contributed by atoms with Gasteiger partial charge in [-0.1, -0.05) is 29.3 Å². The molecule has 0 saturated carbocycles. The molecule has 4 heteroatoms. The summed E-state index contributed by atoms with van der Waals surface area (Å²) < 4.78 is 5.79. The second kappa shape index (κ2) is 6.02. The van der Waals surface area contributed by atoms with Gasteiger partial charge in [-0.25, -0.2) is 4.98 Å². The minimum Gasteiger partial charge on any atom is -0.487 e. The Morgan fingerprint density at radius 2 is 1.80 bits per heavy atom. The summed E-state index contributed by atoms with van der Waals surface area (Å²) in [6.45, 7) is 0.332. The van der Waals surface area contributed by atoms with Crippen LogP contribution in [0.1, 0.15) is 29.7 Å². The molecule has 1 heterocycles. The molecule has 1 aliphatic rings. The molecule has 0 aliphatic heterocycles. The fourth-order valence-electron chi connectivity index (χ4n) is 2.51. The van der Waals surface area contributed by atoms with E-state index in [1.54, 1.807) is 12.1 Å². The van der Waals surface area contributed by atoms with Crippen molar-refractivity contribution in [3.63, 3.8) is 0 Å². The lowest BCUT2D eigenvalue weighted by molar-refractivity contribution is 0.301. The number of ether oxygens (including phenoxy) is 1. The highest BCUT2D eigenvalue weighted by Gasteiger charge is 2.10. The van der Waals surface area contributed by atoms with Crippen LogP contribution in [0.15, 0.2) is 30.3 Å². The van der Waals surface area contributed by atoms with Crippen molar-refractivity contribution in [2.24, 2.45) is 0 Å². The molecule has 2 nitrogen and oxygen atoms in total. The Balaban J connectivity index is 1.73. The molecule has 1 aromatic carbocycles. The van der Waals surface area contributed by atoms with E-state index in [2.05, 4.69) is 17.1 Å². The van der Waals surface area contributed by atoms with E-state index in [4.69, 9.17) is 27.9 Å². The van der Waals surface area contributed by atoms with Gasteiger partial charge in [-0.05, 0) is 61.1 Å².